The van der Waals surface area contributed by atoms with E-state index in [9.17, 15) is 16.8 Å². The fourth-order valence-corrected chi connectivity index (χ4v) is 0.808. The van der Waals surface area contributed by atoms with Crippen LogP contribution in [0.3, 0.4) is 0 Å². The lowest BCUT2D eigenvalue weighted by Gasteiger charge is -1.97. The Kier molecular flexibility index (Phi) is 3.34. The zero-order valence-corrected chi connectivity index (χ0v) is 6.88. The molecule has 0 aliphatic carbocycles. The van der Waals surface area contributed by atoms with Crippen LogP contribution < -0.4 is 5.90 Å². The number of rotatable bonds is 4. The number of hydrogen-bond acceptors (Lipinski definition) is 8. The fraction of sp³-hybridized carbons (Fsp3) is 1.00. The summed E-state index contributed by atoms with van der Waals surface area (Å²) in [7, 11) is -8.58. The summed E-state index contributed by atoms with van der Waals surface area (Å²) in [6.07, 6.45) is 0.582. The smallest absolute Gasteiger partial charge is 0.197 e. The minimum absolute atomic E-state index is 0.582. The Morgan fingerprint density at radius 2 is 1.55 bits per heavy atom. The second-order valence-electron chi connectivity index (χ2n) is 1.34. The molecule has 2 N–H and O–H groups in total. The largest absolute Gasteiger partial charge is 0.443 e. The topological polar surface area (TPSA) is 122 Å². The van der Waals surface area contributed by atoms with Crippen LogP contribution in [0.15, 0.2) is 0 Å². The van der Waals surface area contributed by atoms with Crippen molar-refractivity contribution >= 4 is 20.5 Å². The maximum atomic E-state index is 10.1. The monoisotopic (exact) mass is 207 g/mol. The number of nitrogens with two attached hydrogens (primary N) is 1. The van der Waals surface area contributed by atoms with Crippen molar-refractivity contribution in [2.24, 2.45) is 5.90 Å². The highest BCUT2D eigenvalue weighted by Crippen LogP contribution is 1.96. The molecule has 0 bridgehead atoms. The normalized spacial score (nSPS) is 13.3. The molecule has 0 aromatic rings. The molecule has 0 spiro atoms. The Balaban J connectivity index is 4.13. The van der Waals surface area contributed by atoms with E-state index in [1.165, 1.54) is 0 Å². The summed E-state index contributed by atoms with van der Waals surface area (Å²) < 4.78 is 50.2. The van der Waals surface area contributed by atoms with Crippen molar-refractivity contribution < 1.29 is 29.8 Å². The second kappa shape index (κ2) is 3.42. The predicted molar refractivity (Wildman–Crippen MR) is 31.2 cm³/mol. The molecule has 0 aliphatic heterocycles. The zero-order chi connectivity index (χ0) is 9.12. The van der Waals surface area contributed by atoms with Crippen LogP contribution in [0, 0.1) is 0 Å². The van der Waals surface area contributed by atoms with E-state index in [2.05, 4.69) is 18.8 Å². The second-order valence-corrected chi connectivity index (χ2v) is 4.03. The van der Waals surface area contributed by atoms with Crippen molar-refractivity contribution in [2.75, 3.05) is 6.26 Å². The standard InChI is InChI=1S/CH5NO7S2/c1-10(3,4)8-9-11(5,6)7-2/h2H2,1H3. The quantitative estimate of drug-likeness (QED) is 0.416. The van der Waals surface area contributed by atoms with Gasteiger partial charge in [-0.25, -0.2) is 0 Å². The van der Waals surface area contributed by atoms with E-state index >= 15 is 0 Å². The maximum absolute atomic E-state index is 10.1. The Bertz CT molecular complexity index is 297. The molecule has 0 rings (SSSR count). The first-order valence-electron chi connectivity index (χ1n) is 1.98. The Morgan fingerprint density at radius 1 is 1.09 bits per heavy atom. The van der Waals surface area contributed by atoms with Gasteiger partial charge in [-0.1, -0.05) is 8.67 Å². The lowest BCUT2D eigenvalue weighted by molar-refractivity contribution is -0.0983. The van der Waals surface area contributed by atoms with Gasteiger partial charge >= 0.3 is 10.4 Å². The molecule has 10 heteroatoms. The van der Waals surface area contributed by atoms with Crippen LogP contribution in [-0.2, 0) is 33.5 Å². The van der Waals surface area contributed by atoms with E-state index in [1.54, 1.807) is 0 Å². The van der Waals surface area contributed by atoms with Crippen LogP contribution in [0.1, 0.15) is 0 Å². The van der Waals surface area contributed by atoms with Crippen molar-refractivity contribution in [3.05, 3.63) is 0 Å². The van der Waals surface area contributed by atoms with Crippen LogP contribution in [-0.4, -0.2) is 23.1 Å². The van der Waals surface area contributed by atoms with Gasteiger partial charge in [0.05, 0.1) is 6.26 Å². The van der Waals surface area contributed by atoms with E-state index in [0.29, 0.717) is 6.26 Å². The van der Waals surface area contributed by atoms with Gasteiger partial charge in [0, 0.05) is 0 Å². The molecule has 68 valence electrons. The molecule has 0 fully saturated rings. The number of hydrogen-bond donors (Lipinski definition) is 1. The molecule has 0 aromatic carbocycles. The Hall–Kier alpha value is -0.260. The molecule has 0 aromatic heterocycles. The minimum Gasteiger partial charge on any atom is -0.197 e. The summed E-state index contributed by atoms with van der Waals surface area (Å²) in [5.74, 6) is 4.15. The van der Waals surface area contributed by atoms with Gasteiger partial charge in [-0.3, -0.25) is 0 Å². The zero-order valence-electron chi connectivity index (χ0n) is 5.25. The van der Waals surface area contributed by atoms with E-state index in [1.807, 2.05) is 0 Å². The first-order valence-corrected chi connectivity index (χ1v) is 5.13. The molecule has 11 heavy (non-hydrogen) atoms. The molecule has 0 amide bonds. The molecular weight excluding hydrogens is 202 g/mol. The van der Waals surface area contributed by atoms with Gasteiger partial charge in [0.1, 0.15) is 0 Å². The molecule has 0 heterocycles. The summed E-state index contributed by atoms with van der Waals surface area (Å²) >= 11 is 0. The van der Waals surface area contributed by atoms with E-state index in [-0.39, 0.29) is 0 Å². The van der Waals surface area contributed by atoms with E-state index < -0.39 is 20.5 Å². The molecule has 0 atom stereocenters. The molecule has 0 unspecified atom stereocenters. The average molecular weight is 207 g/mol. The third-order valence-electron chi connectivity index (χ3n) is 0.353. The van der Waals surface area contributed by atoms with Gasteiger partial charge in [-0.05, 0) is 0 Å². The van der Waals surface area contributed by atoms with Crippen molar-refractivity contribution in [3.8, 4) is 0 Å². The van der Waals surface area contributed by atoms with E-state index in [0.717, 1.165) is 0 Å². The van der Waals surface area contributed by atoms with E-state index in [4.69, 9.17) is 0 Å². The van der Waals surface area contributed by atoms with Gasteiger partial charge < -0.3 is 0 Å². The van der Waals surface area contributed by atoms with Gasteiger partial charge in [0.15, 0.2) is 0 Å². The van der Waals surface area contributed by atoms with Crippen LogP contribution in [0.25, 0.3) is 0 Å². The highest BCUT2D eigenvalue weighted by Gasteiger charge is 2.15. The summed E-state index contributed by atoms with van der Waals surface area (Å²) in [6.45, 7) is 0. The summed E-state index contributed by atoms with van der Waals surface area (Å²) in [4.78, 5) is 0. The highest BCUT2D eigenvalue weighted by molar-refractivity contribution is 7.86. The van der Waals surface area contributed by atoms with Crippen molar-refractivity contribution in [3.63, 3.8) is 0 Å². The van der Waals surface area contributed by atoms with Crippen LogP contribution in [0.2, 0.25) is 0 Å². The molecule has 0 saturated heterocycles. The molecule has 8 nitrogen and oxygen atoms in total. The van der Waals surface area contributed by atoms with Crippen molar-refractivity contribution in [2.45, 2.75) is 0 Å². The van der Waals surface area contributed by atoms with Crippen LogP contribution in [0.4, 0.5) is 0 Å². The van der Waals surface area contributed by atoms with Gasteiger partial charge in [-0.15, -0.1) is 0 Å². The summed E-state index contributed by atoms with van der Waals surface area (Å²) in [6, 6.07) is 0. The van der Waals surface area contributed by atoms with Crippen molar-refractivity contribution in [1.29, 1.82) is 0 Å². The first-order chi connectivity index (χ1) is 4.77. The average Bonchev–Trinajstić information content (AvgIpc) is 1.83. The lowest BCUT2D eigenvalue weighted by atomic mass is 12.0. The molecule has 0 saturated carbocycles. The predicted octanol–water partition coefficient (Wildman–Crippen LogP) is -1.97. The molecule has 0 aliphatic rings. The van der Waals surface area contributed by atoms with Gasteiger partial charge in [0.2, 0.25) is 0 Å². The fourth-order valence-electron chi connectivity index (χ4n) is 0.101. The Morgan fingerprint density at radius 3 is 1.82 bits per heavy atom. The Labute approximate surface area is 63.2 Å². The van der Waals surface area contributed by atoms with Crippen molar-refractivity contribution in [1.82, 2.24) is 0 Å². The third kappa shape index (κ3) is 6.15. The summed E-state index contributed by atoms with van der Waals surface area (Å²) in [5.41, 5.74) is 0. The van der Waals surface area contributed by atoms with Crippen LogP contribution in [0.5, 0.6) is 0 Å². The lowest BCUT2D eigenvalue weighted by Crippen LogP contribution is -2.16. The minimum atomic E-state index is -4.58. The molecular formula is CH5NO7S2. The summed E-state index contributed by atoms with van der Waals surface area (Å²) in [5, 5.41) is 0. The molecule has 0 radical (unpaired) electrons. The van der Waals surface area contributed by atoms with Gasteiger partial charge in [-0.2, -0.15) is 27.0 Å². The van der Waals surface area contributed by atoms with Gasteiger partial charge in [0.25, 0.3) is 10.1 Å². The highest BCUT2D eigenvalue weighted by atomic mass is 32.3. The van der Waals surface area contributed by atoms with Crippen LogP contribution >= 0.6 is 0 Å². The maximum Gasteiger partial charge on any atom is 0.443 e. The SMILES string of the molecule is CS(=O)(=O)OOS(=O)(=O)ON. The first kappa shape index (κ1) is 10.7. The third-order valence-corrected chi connectivity index (χ3v) is 1.22.